The first-order chi connectivity index (χ1) is 10.1. The number of nitrogen functional groups attached to an aromatic ring is 1. The summed E-state index contributed by atoms with van der Waals surface area (Å²) in [6, 6.07) is 4.86. The number of ether oxygens (including phenoxy) is 1. The molecule has 6 heteroatoms. The number of likely N-dealkylation sites (tertiary alicyclic amines) is 1. The molecule has 0 unspecified atom stereocenters. The molecule has 2 amide bonds. The van der Waals surface area contributed by atoms with Crippen molar-refractivity contribution in [2.24, 2.45) is 0 Å². The monoisotopic (exact) mass is 291 g/mol. The summed E-state index contributed by atoms with van der Waals surface area (Å²) < 4.78 is 5.04. The van der Waals surface area contributed by atoms with E-state index < -0.39 is 0 Å². The average Bonchev–Trinajstić information content (AvgIpc) is 3.01. The first-order valence-electron chi connectivity index (χ1n) is 7.11. The fourth-order valence-corrected chi connectivity index (χ4v) is 2.39. The molecule has 0 spiro atoms. The van der Waals surface area contributed by atoms with E-state index in [9.17, 15) is 9.59 Å². The van der Waals surface area contributed by atoms with Gasteiger partial charge in [-0.2, -0.15) is 0 Å². The first kappa shape index (κ1) is 15.2. The van der Waals surface area contributed by atoms with Crippen molar-refractivity contribution in [3.63, 3.8) is 0 Å². The van der Waals surface area contributed by atoms with E-state index in [-0.39, 0.29) is 11.8 Å². The van der Waals surface area contributed by atoms with Gasteiger partial charge >= 0.3 is 0 Å². The van der Waals surface area contributed by atoms with Crippen LogP contribution in [0.1, 0.15) is 29.6 Å². The van der Waals surface area contributed by atoms with Gasteiger partial charge in [-0.1, -0.05) is 0 Å². The zero-order valence-corrected chi connectivity index (χ0v) is 12.2. The summed E-state index contributed by atoms with van der Waals surface area (Å²) in [5.74, 6) is 0.399. The molecule has 6 nitrogen and oxygen atoms in total. The number of nitrogens with one attached hydrogen (secondary N) is 1. The molecule has 1 aliphatic rings. The second-order valence-corrected chi connectivity index (χ2v) is 5.05. The number of amides is 2. The SMILES string of the molecule is COc1ccc(C(=O)NCCC(=O)N2CCCC2)cc1N. The minimum Gasteiger partial charge on any atom is -0.495 e. The molecule has 0 bridgehead atoms. The van der Waals surface area contributed by atoms with Crippen LogP contribution >= 0.6 is 0 Å². The minimum absolute atomic E-state index is 0.0991. The van der Waals surface area contributed by atoms with Crippen LogP contribution in [0.5, 0.6) is 5.75 Å². The van der Waals surface area contributed by atoms with Crippen LogP contribution in [0.15, 0.2) is 18.2 Å². The van der Waals surface area contributed by atoms with E-state index in [1.54, 1.807) is 18.2 Å². The van der Waals surface area contributed by atoms with Crippen molar-refractivity contribution in [2.45, 2.75) is 19.3 Å². The van der Waals surface area contributed by atoms with Gasteiger partial charge in [-0.3, -0.25) is 9.59 Å². The van der Waals surface area contributed by atoms with Crippen molar-refractivity contribution in [1.82, 2.24) is 10.2 Å². The Kier molecular flexibility index (Phi) is 5.03. The quantitative estimate of drug-likeness (QED) is 0.793. The van der Waals surface area contributed by atoms with E-state index in [1.165, 1.54) is 7.11 Å². The highest BCUT2D eigenvalue weighted by Crippen LogP contribution is 2.21. The zero-order chi connectivity index (χ0) is 15.2. The van der Waals surface area contributed by atoms with Crippen molar-refractivity contribution in [3.05, 3.63) is 23.8 Å². The Bertz CT molecular complexity index is 525. The molecule has 1 aromatic carbocycles. The van der Waals surface area contributed by atoms with E-state index in [0.717, 1.165) is 25.9 Å². The summed E-state index contributed by atoms with van der Waals surface area (Å²) in [6.45, 7) is 2.00. The molecule has 1 heterocycles. The van der Waals surface area contributed by atoms with Crippen molar-refractivity contribution >= 4 is 17.5 Å². The third-order valence-electron chi connectivity index (χ3n) is 3.58. The Balaban J connectivity index is 1.81. The Morgan fingerprint density at radius 2 is 2.05 bits per heavy atom. The van der Waals surface area contributed by atoms with E-state index >= 15 is 0 Å². The zero-order valence-electron chi connectivity index (χ0n) is 12.2. The number of carbonyl (C=O) groups is 2. The number of hydrogen-bond acceptors (Lipinski definition) is 4. The predicted octanol–water partition coefficient (Wildman–Crippen LogP) is 1.02. The Hall–Kier alpha value is -2.24. The maximum atomic E-state index is 12.0. The molecule has 114 valence electrons. The van der Waals surface area contributed by atoms with Crippen LogP contribution in [0.2, 0.25) is 0 Å². The van der Waals surface area contributed by atoms with Crippen LogP contribution in [0, 0.1) is 0 Å². The van der Waals surface area contributed by atoms with Crippen LogP contribution < -0.4 is 15.8 Å². The molecule has 3 N–H and O–H groups in total. The highest BCUT2D eigenvalue weighted by atomic mass is 16.5. The van der Waals surface area contributed by atoms with Gasteiger partial charge < -0.3 is 20.7 Å². The number of hydrogen-bond donors (Lipinski definition) is 2. The van der Waals surface area contributed by atoms with Crippen molar-refractivity contribution in [2.75, 3.05) is 32.5 Å². The van der Waals surface area contributed by atoms with Crippen LogP contribution in [0.4, 0.5) is 5.69 Å². The number of nitrogens with two attached hydrogens (primary N) is 1. The maximum absolute atomic E-state index is 12.0. The number of nitrogens with zero attached hydrogens (tertiary/aromatic N) is 1. The van der Waals surface area contributed by atoms with Crippen LogP contribution in [0.25, 0.3) is 0 Å². The van der Waals surface area contributed by atoms with Gasteiger partial charge in [0.2, 0.25) is 5.91 Å². The maximum Gasteiger partial charge on any atom is 0.251 e. The van der Waals surface area contributed by atoms with E-state index in [0.29, 0.717) is 30.0 Å². The molecule has 2 rings (SSSR count). The third-order valence-corrected chi connectivity index (χ3v) is 3.58. The van der Waals surface area contributed by atoms with Gasteiger partial charge in [-0.15, -0.1) is 0 Å². The van der Waals surface area contributed by atoms with Gasteiger partial charge in [-0.05, 0) is 31.0 Å². The van der Waals surface area contributed by atoms with Gasteiger partial charge in [0.1, 0.15) is 5.75 Å². The second-order valence-electron chi connectivity index (χ2n) is 5.05. The lowest BCUT2D eigenvalue weighted by molar-refractivity contribution is -0.129. The smallest absolute Gasteiger partial charge is 0.251 e. The van der Waals surface area contributed by atoms with Crippen LogP contribution in [0.3, 0.4) is 0 Å². The van der Waals surface area contributed by atoms with Crippen molar-refractivity contribution in [1.29, 1.82) is 0 Å². The molecule has 0 aliphatic carbocycles. The summed E-state index contributed by atoms with van der Waals surface area (Å²) in [7, 11) is 1.52. The predicted molar refractivity (Wildman–Crippen MR) is 80.2 cm³/mol. The van der Waals surface area contributed by atoms with Gasteiger partial charge in [-0.25, -0.2) is 0 Å². The molecule has 0 aromatic heterocycles. The fraction of sp³-hybridized carbons (Fsp3) is 0.467. The summed E-state index contributed by atoms with van der Waals surface area (Å²) in [4.78, 5) is 25.7. The summed E-state index contributed by atoms with van der Waals surface area (Å²) in [5.41, 5.74) is 6.64. The summed E-state index contributed by atoms with van der Waals surface area (Å²) >= 11 is 0. The van der Waals surface area contributed by atoms with Gasteiger partial charge in [0.15, 0.2) is 0 Å². The molecule has 1 aliphatic heterocycles. The molecule has 1 aromatic rings. The highest BCUT2D eigenvalue weighted by Gasteiger charge is 2.17. The fourth-order valence-electron chi connectivity index (χ4n) is 2.39. The average molecular weight is 291 g/mol. The van der Waals surface area contributed by atoms with Crippen molar-refractivity contribution in [3.8, 4) is 5.75 Å². The Morgan fingerprint density at radius 3 is 2.67 bits per heavy atom. The third kappa shape index (κ3) is 3.87. The highest BCUT2D eigenvalue weighted by molar-refractivity contribution is 5.95. The first-order valence-corrected chi connectivity index (χ1v) is 7.11. The van der Waals surface area contributed by atoms with Crippen LogP contribution in [-0.2, 0) is 4.79 Å². The standard InChI is InChI=1S/C15H21N3O3/c1-21-13-5-4-11(10-12(13)16)15(20)17-7-6-14(19)18-8-2-3-9-18/h4-5,10H,2-3,6-9,16H2,1H3,(H,17,20). The number of methoxy groups -OCH3 is 1. The largest absolute Gasteiger partial charge is 0.495 e. The second kappa shape index (κ2) is 6.97. The lowest BCUT2D eigenvalue weighted by Gasteiger charge is -2.15. The molecule has 0 saturated carbocycles. The molecule has 1 fully saturated rings. The summed E-state index contributed by atoms with van der Waals surface area (Å²) in [5, 5.41) is 2.74. The van der Waals surface area contributed by atoms with E-state index in [1.807, 2.05) is 4.90 Å². The topological polar surface area (TPSA) is 84.7 Å². The molecule has 0 radical (unpaired) electrons. The van der Waals surface area contributed by atoms with Crippen molar-refractivity contribution < 1.29 is 14.3 Å². The number of benzene rings is 1. The molecular weight excluding hydrogens is 270 g/mol. The van der Waals surface area contributed by atoms with Crippen LogP contribution in [-0.4, -0.2) is 43.5 Å². The van der Waals surface area contributed by atoms with E-state index in [2.05, 4.69) is 5.32 Å². The number of rotatable bonds is 5. The number of carbonyl (C=O) groups excluding carboxylic acids is 2. The Morgan fingerprint density at radius 1 is 1.33 bits per heavy atom. The van der Waals surface area contributed by atoms with Gasteiger partial charge in [0.05, 0.1) is 12.8 Å². The minimum atomic E-state index is -0.237. The molecule has 1 saturated heterocycles. The molecular formula is C15H21N3O3. The van der Waals surface area contributed by atoms with E-state index in [4.69, 9.17) is 10.5 Å². The number of anilines is 1. The summed E-state index contributed by atoms with van der Waals surface area (Å²) in [6.07, 6.45) is 2.48. The molecule has 0 atom stereocenters. The Labute approximate surface area is 124 Å². The molecule has 21 heavy (non-hydrogen) atoms. The van der Waals surface area contributed by atoms with Gasteiger partial charge in [0, 0.05) is 31.6 Å². The normalized spacial score (nSPS) is 14.0. The van der Waals surface area contributed by atoms with Gasteiger partial charge in [0.25, 0.3) is 5.91 Å². The lowest BCUT2D eigenvalue weighted by atomic mass is 10.1. The lowest BCUT2D eigenvalue weighted by Crippen LogP contribution is -2.32.